The largest absolute Gasteiger partial charge is 0.491 e. The van der Waals surface area contributed by atoms with Crippen LogP contribution >= 0.6 is 0 Å². The Bertz CT molecular complexity index is 643. The Hall–Kier alpha value is -2.21. The molecule has 0 aliphatic carbocycles. The highest BCUT2D eigenvalue weighted by atomic mass is 16.5. The number of benzene rings is 2. The summed E-state index contributed by atoms with van der Waals surface area (Å²) in [5.74, 6) is 0.746. The van der Waals surface area contributed by atoms with E-state index in [1.54, 1.807) is 12.1 Å². The van der Waals surface area contributed by atoms with E-state index in [2.05, 4.69) is 5.32 Å². The fourth-order valence-corrected chi connectivity index (χ4v) is 2.43. The number of rotatable bonds is 10. The van der Waals surface area contributed by atoms with Gasteiger partial charge in [0.25, 0.3) is 0 Å². The van der Waals surface area contributed by atoms with Crippen LogP contribution in [0.3, 0.4) is 0 Å². The second-order valence-corrected chi connectivity index (χ2v) is 6.02. The Morgan fingerprint density at radius 1 is 1.12 bits per heavy atom. The normalized spacial score (nSPS) is 13.2. The molecule has 0 saturated heterocycles. The molecule has 0 amide bonds. The molecule has 5 nitrogen and oxygen atoms in total. The molecule has 2 aromatic carbocycles. The smallest absolute Gasteiger partial charge is 0.159 e. The van der Waals surface area contributed by atoms with Crippen LogP contribution in [0.5, 0.6) is 5.75 Å². The van der Waals surface area contributed by atoms with Crippen LogP contribution in [0.15, 0.2) is 54.6 Å². The lowest BCUT2D eigenvalue weighted by atomic mass is 10.0. The van der Waals surface area contributed by atoms with Crippen molar-refractivity contribution in [2.24, 2.45) is 0 Å². The van der Waals surface area contributed by atoms with Crippen LogP contribution in [0.1, 0.15) is 22.8 Å². The third kappa shape index (κ3) is 6.66. The van der Waals surface area contributed by atoms with Crippen LogP contribution in [-0.4, -0.2) is 47.9 Å². The summed E-state index contributed by atoms with van der Waals surface area (Å²) in [5, 5.41) is 22.7. The molecule has 0 saturated carbocycles. The van der Waals surface area contributed by atoms with Gasteiger partial charge in [0, 0.05) is 18.2 Å². The first-order chi connectivity index (χ1) is 12.1. The molecule has 3 N–H and O–H groups in total. The molecule has 2 rings (SSSR count). The number of nitrogens with one attached hydrogen (secondary N) is 1. The maximum absolute atomic E-state index is 11.3. The van der Waals surface area contributed by atoms with E-state index in [1.165, 1.54) is 6.92 Å². The predicted molar refractivity (Wildman–Crippen MR) is 97.0 cm³/mol. The zero-order valence-corrected chi connectivity index (χ0v) is 14.4. The van der Waals surface area contributed by atoms with Crippen LogP contribution in [-0.2, 0) is 6.42 Å². The van der Waals surface area contributed by atoms with Gasteiger partial charge in [0.05, 0.1) is 6.61 Å². The molecule has 25 heavy (non-hydrogen) atoms. The molecule has 0 spiro atoms. The van der Waals surface area contributed by atoms with Crippen molar-refractivity contribution in [3.63, 3.8) is 0 Å². The van der Waals surface area contributed by atoms with Gasteiger partial charge in [-0.05, 0) is 31.0 Å². The Labute approximate surface area is 148 Å². The molecule has 5 heteroatoms. The molecule has 0 bridgehead atoms. The van der Waals surface area contributed by atoms with Gasteiger partial charge in [-0.1, -0.05) is 42.5 Å². The number of hydrogen-bond donors (Lipinski definition) is 3. The van der Waals surface area contributed by atoms with Crippen LogP contribution in [0.4, 0.5) is 0 Å². The fourth-order valence-electron chi connectivity index (χ4n) is 2.43. The quantitative estimate of drug-likeness (QED) is 0.574. The number of hydrogen-bond acceptors (Lipinski definition) is 5. The molecule has 0 aliphatic rings. The standard InChI is InChI=1S/C20H25NO4/c1-15(23)17-9-7-16(8-10-17)11-18(13-22)21-12-19(24)14-25-20-5-3-2-4-6-20/h2-10,18-19,21-22,24H,11-14H2,1H3/t18-,19-/m0/s1. The number of ether oxygens (including phenoxy) is 1. The highest BCUT2D eigenvalue weighted by molar-refractivity contribution is 5.93. The molecule has 0 aliphatic heterocycles. The molecule has 2 aromatic rings. The zero-order valence-electron chi connectivity index (χ0n) is 14.4. The van der Waals surface area contributed by atoms with Gasteiger partial charge in [-0.25, -0.2) is 0 Å². The monoisotopic (exact) mass is 343 g/mol. The van der Waals surface area contributed by atoms with Gasteiger partial charge in [0.1, 0.15) is 18.5 Å². The van der Waals surface area contributed by atoms with Crippen molar-refractivity contribution in [1.82, 2.24) is 5.32 Å². The first-order valence-electron chi connectivity index (χ1n) is 8.38. The summed E-state index contributed by atoms with van der Waals surface area (Å²) < 4.78 is 5.50. The van der Waals surface area contributed by atoms with Crippen LogP contribution in [0, 0.1) is 0 Å². The summed E-state index contributed by atoms with van der Waals surface area (Å²) in [6.45, 7) is 2.00. The highest BCUT2D eigenvalue weighted by Crippen LogP contribution is 2.09. The number of carbonyl (C=O) groups excluding carboxylic acids is 1. The van der Waals surface area contributed by atoms with Crippen molar-refractivity contribution < 1.29 is 19.7 Å². The van der Waals surface area contributed by atoms with Crippen molar-refractivity contribution >= 4 is 5.78 Å². The summed E-state index contributed by atoms with van der Waals surface area (Å²) >= 11 is 0. The van der Waals surface area contributed by atoms with E-state index in [-0.39, 0.29) is 25.0 Å². The van der Waals surface area contributed by atoms with Crippen LogP contribution in [0.2, 0.25) is 0 Å². The molecule has 0 heterocycles. The van der Waals surface area contributed by atoms with Crippen molar-refractivity contribution in [2.45, 2.75) is 25.5 Å². The molecule has 0 radical (unpaired) electrons. The van der Waals surface area contributed by atoms with Crippen LogP contribution < -0.4 is 10.1 Å². The van der Waals surface area contributed by atoms with Crippen molar-refractivity contribution in [3.8, 4) is 5.75 Å². The molecule has 0 fully saturated rings. The second-order valence-electron chi connectivity index (χ2n) is 6.02. The van der Waals surface area contributed by atoms with Crippen molar-refractivity contribution in [1.29, 1.82) is 0 Å². The van der Waals surface area contributed by atoms with Crippen molar-refractivity contribution in [2.75, 3.05) is 19.8 Å². The van der Waals surface area contributed by atoms with E-state index < -0.39 is 6.10 Å². The lowest BCUT2D eigenvalue weighted by molar-refractivity contribution is 0.0996. The topological polar surface area (TPSA) is 78.8 Å². The Morgan fingerprint density at radius 3 is 2.40 bits per heavy atom. The lowest BCUT2D eigenvalue weighted by Crippen LogP contribution is -2.41. The maximum atomic E-state index is 11.3. The third-order valence-corrected chi connectivity index (χ3v) is 3.89. The summed E-state index contributed by atoms with van der Waals surface area (Å²) in [6, 6.07) is 16.5. The summed E-state index contributed by atoms with van der Waals surface area (Å²) in [5.41, 5.74) is 1.69. The van der Waals surface area contributed by atoms with E-state index in [0.29, 0.717) is 24.3 Å². The molecular weight excluding hydrogens is 318 g/mol. The van der Waals surface area contributed by atoms with Gasteiger partial charge >= 0.3 is 0 Å². The summed E-state index contributed by atoms with van der Waals surface area (Å²) in [6.07, 6.45) is -0.0599. The average Bonchev–Trinajstić information content (AvgIpc) is 2.64. The van der Waals surface area contributed by atoms with E-state index in [1.807, 2.05) is 42.5 Å². The maximum Gasteiger partial charge on any atom is 0.159 e. The number of para-hydroxylation sites is 1. The fraction of sp³-hybridized carbons (Fsp3) is 0.350. The minimum atomic E-state index is -0.672. The number of aliphatic hydroxyl groups is 2. The SMILES string of the molecule is CC(=O)c1ccc(C[C@@H](CO)NC[C@H](O)COc2ccccc2)cc1. The Morgan fingerprint density at radius 2 is 1.80 bits per heavy atom. The van der Waals surface area contributed by atoms with Gasteiger partial charge in [-0.2, -0.15) is 0 Å². The van der Waals surface area contributed by atoms with Gasteiger partial charge in [-0.3, -0.25) is 4.79 Å². The number of aliphatic hydroxyl groups excluding tert-OH is 2. The Kier molecular flexibility index (Phi) is 7.60. The molecule has 0 aromatic heterocycles. The summed E-state index contributed by atoms with van der Waals surface area (Å²) in [4.78, 5) is 11.3. The first-order valence-corrected chi connectivity index (χ1v) is 8.38. The predicted octanol–water partition coefficient (Wildman–Crippen LogP) is 1.82. The average molecular weight is 343 g/mol. The van der Waals surface area contributed by atoms with Crippen LogP contribution in [0.25, 0.3) is 0 Å². The zero-order chi connectivity index (χ0) is 18.1. The molecule has 2 atom stereocenters. The summed E-state index contributed by atoms with van der Waals surface area (Å²) in [7, 11) is 0. The van der Waals surface area contributed by atoms with Gasteiger partial charge < -0.3 is 20.3 Å². The van der Waals surface area contributed by atoms with Gasteiger partial charge in [-0.15, -0.1) is 0 Å². The number of ketones is 1. The van der Waals surface area contributed by atoms with E-state index in [9.17, 15) is 15.0 Å². The van der Waals surface area contributed by atoms with E-state index in [4.69, 9.17) is 4.74 Å². The minimum absolute atomic E-state index is 0.0323. The highest BCUT2D eigenvalue weighted by Gasteiger charge is 2.12. The number of Topliss-reactive ketones (excluding diaryl/α,β-unsaturated/α-hetero) is 1. The van der Waals surface area contributed by atoms with Crippen molar-refractivity contribution in [3.05, 3.63) is 65.7 Å². The first kappa shape index (κ1) is 19.1. The Balaban J connectivity index is 1.76. The molecular formula is C20H25NO4. The molecule has 0 unspecified atom stereocenters. The lowest BCUT2D eigenvalue weighted by Gasteiger charge is -2.19. The van der Waals surface area contributed by atoms with E-state index in [0.717, 1.165) is 5.56 Å². The number of carbonyl (C=O) groups is 1. The van der Waals surface area contributed by atoms with Gasteiger partial charge in [0.2, 0.25) is 0 Å². The third-order valence-electron chi connectivity index (χ3n) is 3.89. The minimum Gasteiger partial charge on any atom is -0.491 e. The molecule has 134 valence electrons. The van der Waals surface area contributed by atoms with Gasteiger partial charge in [0.15, 0.2) is 5.78 Å². The van der Waals surface area contributed by atoms with E-state index >= 15 is 0 Å². The second kappa shape index (κ2) is 9.93.